The summed E-state index contributed by atoms with van der Waals surface area (Å²) in [7, 11) is 0. The summed E-state index contributed by atoms with van der Waals surface area (Å²) in [5, 5.41) is 1.30. The number of rotatable bonds is 5. The molecule has 5 nitrogen and oxygen atoms in total. The Balaban J connectivity index is 1.57. The van der Waals surface area contributed by atoms with Crippen molar-refractivity contribution >= 4 is 28.6 Å². The number of hydrogen-bond donors (Lipinski definition) is 0. The first-order chi connectivity index (χ1) is 14.1. The second-order valence-corrected chi connectivity index (χ2v) is 9.42. The van der Waals surface area contributed by atoms with Crippen LogP contribution in [-0.4, -0.2) is 38.7 Å². The Bertz CT molecular complexity index is 939. The first-order valence-electron chi connectivity index (χ1n) is 11.0. The number of carbonyl (C=O) groups excluding carboxylic acids is 1. The Morgan fingerprint density at radius 2 is 1.97 bits per heavy atom. The summed E-state index contributed by atoms with van der Waals surface area (Å²) < 4.78 is 1.78. The third kappa shape index (κ3) is 4.09. The largest absolute Gasteiger partial charge is 0.339 e. The molecule has 1 aromatic heterocycles. The van der Waals surface area contributed by atoms with Crippen molar-refractivity contribution in [3.63, 3.8) is 0 Å². The molecule has 1 aliphatic carbocycles. The van der Waals surface area contributed by atoms with Gasteiger partial charge in [0.15, 0.2) is 5.16 Å². The molecule has 0 spiro atoms. The van der Waals surface area contributed by atoms with E-state index in [1.54, 1.807) is 4.57 Å². The number of para-hydroxylation sites is 1. The van der Waals surface area contributed by atoms with Crippen molar-refractivity contribution < 1.29 is 4.79 Å². The molecule has 3 atom stereocenters. The van der Waals surface area contributed by atoms with Crippen LogP contribution in [0.3, 0.4) is 0 Å². The summed E-state index contributed by atoms with van der Waals surface area (Å²) in [5.41, 5.74) is 0.697. The van der Waals surface area contributed by atoms with Crippen molar-refractivity contribution in [2.45, 2.75) is 76.0 Å². The van der Waals surface area contributed by atoms with Crippen LogP contribution in [-0.2, 0) is 4.79 Å². The predicted octanol–water partition coefficient (Wildman–Crippen LogP) is 4.64. The molecule has 2 aromatic rings. The molecule has 6 heteroatoms. The summed E-state index contributed by atoms with van der Waals surface area (Å²) in [6, 6.07) is 7.96. The average molecular weight is 414 g/mol. The molecule has 0 N–H and O–H groups in total. The standard InChI is InChI=1S/C23H31N3O2S/c1-3-16(2)26-22(28)18-11-5-6-12-19(18)24-23(26)29-15-21(27)25-14-8-10-17-9-4-7-13-20(17)25/h5-6,11-12,16-17,20H,3-4,7-10,13-15H2,1-2H3/t16-,17+,20-/m0/s1. The van der Waals surface area contributed by atoms with Gasteiger partial charge in [0.2, 0.25) is 5.91 Å². The molecule has 2 heterocycles. The van der Waals surface area contributed by atoms with Crippen molar-refractivity contribution in [1.82, 2.24) is 14.5 Å². The van der Waals surface area contributed by atoms with Gasteiger partial charge in [-0.3, -0.25) is 14.2 Å². The maximum atomic E-state index is 13.1. The molecular weight excluding hydrogens is 382 g/mol. The minimum absolute atomic E-state index is 0.00906. The van der Waals surface area contributed by atoms with Crippen molar-refractivity contribution in [3.05, 3.63) is 34.6 Å². The number of hydrogen-bond acceptors (Lipinski definition) is 4. The summed E-state index contributed by atoms with van der Waals surface area (Å²) in [4.78, 5) is 33.1. The highest BCUT2D eigenvalue weighted by Crippen LogP contribution is 2.35. The second kappa shape index (κ2) is 8.90. The van der Waals surface area contributed by atoms with Crippen LogP contribution in [0.1, 0.15) is 64.8 Å². The van der Waals surface area contributed by atoms with Gasteiger partial charge in [-0.15, -0.1) is 0 Å². The van der Waals surface area contributed by atoms with Crippen LogP contribution in [0.4, 0.5) is 0 Å². The first-order valence-corrected chi connectivity index (χ1v) is 12.0. The number of aromatic nitrogens is 2. The minimum Gasteiger partial charge on any atom is -0.339 e. The number of piperidine rings is 1. The number of nitrogens with zero attached hydrogens (tertiary/aromatic N) is 3. The van der Waals surface area contributed by atoms with Crippen LogP contribution in [0, 0.1) is 5.92 Å². The van der Waals surface area contributed by atoms with Crippen LogP contribution in [0.2, 0.25) is 0 Å². The molecule has 0 unspecified atom stereocenters. The Hall–Kier alpha value is -1.82. The van der Waals surface area contributed by atoms with E-state index < -0.39 is 0 Å². The van der Waals surface area contributed by atoms with E-state index in [4.69, 9.17) is 4.98 Å². The van der Waals surface area contributed by atoms with Gasteiger partial charge in [0, 0.05) is 18.6 Å². The Morgan fingerprint density at radius 3 is 2.79 bits per heavy atom. The quantitative estimate of drug-likeness (QED) is 0.529. The highest BCUT2D eigenvalue weighted by Gasteiger charge is 2.35. The van der Waals surface area contributed by atoms with Gasteiger partial charge in [0.25, 0.3) is 5.56 Å². The molecule has 29 heavy (non-hydrogen) atoms. The molecule has 1 aromatic carbocycles. The summed E-state index contributed by atoms with van der Waals surface area (Å²) in [6.07, 6.45) is 8.17. The van der Waals surface area contributed by atoms with Gasteiger partial charge in [-0.05, 0) is 57.1 Å². The van der Waals surface area contributed by atoms with Gasteiger partial charge in [0.05, 0.1) is 16.7 Å². The third-order valence-corrected chi connectivity index (χ3v) is 7.63. The second-order valence-electron chi connectivity index (χ2n) is 8.47. The predicted molar refractivity (Wildman–Crippen MR) is 118 cm³/mol. The minimum atomic E-state index is -0.00906. The van der Waals surface area contributed by atoms with Crippen LogP contribution in [0.5, 0.6) is 0 Å². The fourth-order valence-electron chi connectivity index (χ4n) is 4.94. The topological polar surface area (TPSA) is 55.2 Å². The van der Waals surface area contributed by atoms with E-state index in [-0.39, 0.29) is 17.5 Å². The van der Waals surface area contributed by atoms with Crippen molar-refractivity contribution in [3.8, 4) is 0 Å². The fourth-order valence-corrected chi connectivity index (χ4v) is 5.93. The molecule has 0 radical (unpaired) electrons. The molecule has 1 amide bonds. The van der Waals surface area contributed by atoms with Crippen molar-refractivity contribution in [1.29, 1.82) is 0 Å². The molecule has 1 saturated carbocycles. The zero-order valence-corrected chi connectivity index (χ0v) is 18.3. The van der Waals surface area contributed by atoms with Crippen molar-refractivity contribution in [2.24, 2.45) is 5.92 Å². The lowest BCUT2D eigenvalue weighted by molar-refractivity contribution is -0.134. The summed E-state index contributed by atoms with van der Waals surface area (Å²) in [6.45, 7) is 4.99. The number of benzene rings is 1. The molecule has 1 aliphatic heterocycles. The lowest BCUT2D eigenvalue weighted by atomic mass is 9.78. The van der Waals surface area contributed by atoms with Gasteiger partial charge >= 0.3 is 0 Å². The SMILES string of the molecule is CC[C@H](C)n1c(SCC(=O)N2CCC[C@H]3CCCC[C@@H]32)nc2ccccc2c1=O. The Kier molecular flexibility index (Phi) is 6.28. The first kappa shape index (κ1) is 20.5. The van der Waals surface area contributed by atoms with Crippen LogP contribution in [0.15, 0.2) is 34.2 Å². The van der Waals surface area contributed by atoms with E-state index in [1.807, 2.05) is 31.2 Å². The molecule has 156 valence electrons. The maximum Gasteiger partial charge on any atom is 0.262 e. The smallest absolute Gasteiger partial charge is 0.262 e. The Labute approximate surface area is 176 Å². The van der Waals surface area contributed by atoms with E-state index in [9.17, 15) is 9.59 Å². The number of fused-ring (bicyclic) bond motifs is 2. The van der Waals surface area contributed by atoms with Gasteiger partial charge in [-0.25, -0.2) is 4.98 Å². The number of carbonyl (C=O) groups is 1. The number of amides is 1. The molecular formula is C23H31N3O2S. The maximum absolute atomic E-state index is 13.1. The van der Waals surface area contributed by atoms with E-state index in [0.717, 1.165) is 25.8 Å². The van der Waals surface area contributed by atoms with E-state index in [2.05, 4.69) is 11.8 Å². The molecule has 2 fully saturated rings. The van der Waals surface area contributed by atoms with Gasteiger partial charge < -0.3 is 4.90 Å². The lowest BCUT2D eigenvalue weighted by Gasteiger charge is -2.44. The number of likely N-dealkylation sites (tertiary alicyclic amines) is 1. The van der Waals surface area contributed by atoms with E-state index >= 15 is 0 Å². The zero-order valence-electron chi connectivity index (χ0n) is 17.5. The van der Waals surface area contributed by atoms with E-state index in [1.165, 1.54) is 37.4 Å². The third-order valence-electron chi connectivity index (χ3n) is 6.70. The van der Waals surface area contributed by atoms with Gasteiger partial charge in [-0.2, -0.15) is 0 Å². The lowest BCUT2D eigenvalue weighted by Crippen LogP contribution is -2.50. The molecule has 2 aliphatic rings. The normalized spacial score (nSPS) is 23.0. The highest BCUT2D eigenvalue weighted by molar-refractivity contribution is 7.99. The molecule has 0 bridgehead atoms. The summed E-state index contributed by atoms with van der Waals surface area (Å²) >= 11 is 1.42. The highest BCUT2D eigenvalue weighted by atomic mass is 32.2. The van der Waals surface area contributed by atoms with E-state index in [0.29, 0.717) is 33.8 Å². The Morgan fingerprint density at radius 1 is 1.21 bits per heavy atom. The van der Waals surface area contributed by atoms with Crippen LogP contribution in [0.25, 0.3) is 10.9 Å². The molecule has 1 saturated heterocycles. The van der Waals surface area contributed by atoms with Gasteiger partial charge in [0.1, 0.15) is 0 Å². The zero-order chi connectivity index (χ0) is 20.4. The fraction of sp³-hybridized carbons (Fsp3) is 0.609. The average Bonchev–Trinajstić information content (AvgIpc) is 2.76. The van der Waals surface area contributed by atoms with Crippen molar-refractivity contribution in [2.75, 3.05) is 12.3 Å². The van der Waals surface area contributed by atoms with Crippen LogP contribution >= 0.6 is 11.8 Å². The number of thioether (sulfide) groups is 1. The van der Waals surface area contributed by atoms with Gasteiger partial charge in [-0.1, -0.05) is 43.7 Å². The summed E-state index contributed by atoms with van der Waals surface area (Å²) in [5.74, 6) is 1.23. The monoisotopic (exact) mass is 413 g/mol. The van der Waals surface area contributed by atoms with Crippen LogP contribution < -0.4 is 5.56 Å². The molecule has 4 rings (SSSR count).